The lowest BCUT2D eigenvalue weighted by atomic mass is 9.98. The van der Waals surface area contributed by atoms with Crippen LogP contribution in [0.15, 0.2) is 42.6 Å². The molecule has 0 amide bonds. The lowest BCUT2D eigenvalue weighted by molar-refractivity contribution is -0.137. The van der Waals surface area contributed by atoms with Gasteiger partial charge in [-0.2, -0.15) is 13.2 Å². The average Bonchev–Trinajstić information content (AvgIpc) is 3.29. The van der Waals surface area contributed by atoms with Crippen LogP contribution in [0.5, 0.6) is 0 Å². The van der Waals surface area contributed by atoms with Gasteiger partial charge in [-0.1, -0.05) is 12.1 Å². The van der Waals surface area contributed by atoms with Gasteiger partial charge in [0.25, 0.3) is 0 Å². The van der Waals surface area contributed by atoms with E-state index >= 15 is 0 Å². The second-order valence-corrected chi connectivity index (χ2v) is 10.4. The Morgan fingerprint density at radius 2 is 1.66 bits per heavy atom. The number of aryl methyl sites for hydroxylation is 1. The summed E-state index contributed by atoms with van der Waals surface area (Å²) in [7, 11) is 1.90. The fraction of sp³-hybridized carbons (Fsp3) is 0.448. The van der Waals surface area contributed by atoms with Crippen LogP contribution in [0, 0.1) is 6.92 Å². The summed E-state index contributed by atoms with van der Waals surface area (Å²) in [4.78, 5) is 11.4. The second-order valence-electron chi connectivity index (χ2n) is 10.4. The molecule has 2 saturated heterocycles. The SMILES string of the molecule is CNC1CCN(c2ccc(-c3ccc4ncc5c(C)nc(C6CCOCC6)n5c4c3)cc2C(F)(F)F)CC1. The number of nitrogens with one attached hydrogen (secondary N) is 1. The predicted molar refractivity (Wildman–Crippen MR) is 143 cm³/mol. The Morgan fingerprint density at radius 1 is 0.947 bits per heavy atom. The third-order valence-corrected chi connectivity index (χ3v) is 8.13. The van der Waals surface area contributed by atoms with Gasteiger partial charge in [-0.3, -0.25) is 9.38 Å². The summed E-state index contributed by atoms with van der Waals surface area (Å²) in [6.07, 6.45) is 0.815. The molecule has 4 aromatic rings. The number of fused-ring (bicyclic) bond motifs is 3. The van der Waals surface area contributed by atoms with Gasteiger partial charge < -0.3 is 15.0 Å². The summed E-state index contributed by atoms with van der Waals surface area (Å²) < 4.78 is 50.6. The topological polar surface area (TPSA) is 54.7 Å². The van der Waals surface area contributed by atoms with E-state index in [9.17, 15) is 13.2 Å². The molecule has 1 N–H and O–H groups in total. The first-order valence-electron chi connectivity index (χ1n) is 13.3. The van der Waals surface area contributed by atoms with Crippen LogP contribution in [-0.2, 0) is 10.9 Å². The molecule has 0 aliphatic carbocycles. The van der Waals surface area contributed by atoms with Gasteiger partial charge in [0, 0.05) is 44.0 Å². The van der Waals surface area contributed by atoms with Gasteiger partial charge in [0.1, 0.15) is 5.82 Å². The molecule has 2 aliphatic rings. The average molecular weight is 524 g/mol. The normalized spacial score (nSPS) is 18.1. The highest BCUT2D eigenvalue weighted by Gasteiger charge is 2.36. The van der Waals surface area contributed by atoms with E-state index in [0.29, 0.717) is 37.9 Å². The lowest BCUT2D eigenvalue weighted by Gasteiger charge is -2.35. The van der Waals surface area contributed by atoms with Gasteiger partial charge in [-0.15, -0.1) is 0 Å². The number of imidazole rings is 1. The molecule has 0 bridgehead atoms. The molecule has 2 aliphatic heterocycles. The Hall–Kier alpha value is -3.17. The standard InChI is InChI=1S/C29H32F3N5O/c1-18-27-17-34-24-5-3-21(16-26(24)37(27)28(35-18)19-9-13-38-14-10-19)20-4-6-25(23(15-20)29(30,31)32)36-11-7-22(33-2)8-12-36/h3-6,15-17,19,22,33H,7-14H2,1-2H3. The number of anilines is 1. The number of halogens is 3. The molecule has 2 aromatic carbocycles. The molecule has 38 heavy (non-hydrogen) atoms. The largest absolute Gasteiger partial charge is 0.418 e. The quantitative estimate of drug-likeness (QED) is 0.358. The van der Waals surface area contributed by atoms with Gasteiger partial charge >= 0.3 is 6.18 Å². The van der Waals surface area contributed by atoms with E-state index in [1.807, 2.05) is 49.3 Å². The summed E-state index contributed by atoms with van der Waals surface area (Å²) in [5, 5.41) is 3.24. The zero-order valence-corrected chi connectivity index (χ0v) is 21.7. The molecule has 0 saturated carbocycles. The van der Waals surface area contributed by atoms with Crippen molar-refractivity contribution in [2.75, 3.05) is 38.3 Å². The molecule has 4 heterocycles. The molecule has 2 fully saturated rings. The van der Waals surface area contributed by atoms with Crippen molar-refractivity contribution in [2.45, 2.75) is 50.7 Å². The third kappa shape index (κ3) is 4.52. The van der Waals surface area contributed by atoms with Crippen LogP contribution in [0.3, 0.4) is 0 Å². The van der Waals surface area contributed by atoms with E-state index in [4.69, 9.17) is 9.72 Å². The number of nitrogens with zero attached hydrogens (tertiary/aromatic N) is 4. The number of aromatic nitrogens is 3. The maximum absolute atomic E-state index is 14.3. The van der Waals surface area contributed by atoms with Crippen molar-refractivity contribution in [3.63, 3.8) is 0 Å². The van der Waals surface area contributed by atoms with Crippen LogP contribution in [0.4, 0.5) is 18.9 Å². The molecule has 0 radical (unpaired) electrons. The number of alkyl halides is 3. The highest BCUT2D eigenvalue weighted by molar-refractivity contribution is 5.85. The summed E-state index contributed by atoms with van der Waals surface area (Å²) in [5.74, 6) is 1.24. The summed E-state index contributed by atoms with van der Waals surface area (Å²) in [6, 6.07) is 10.8. The minimum atomic E-state index is -4.45. The molecule has 0 spiro atoms. The monoisotopic (exact) mass is 523 g/mol. The van der Waals surface area contributed by atoms with Crippen LogP contribution < -0.4 is 10.2 Å². The fourth-order valence-corrected chi connectivity index (χ4v) is 5.95. The molecule has 6 nitrogen and oxygen atoms in total. The number of piperidine rings is 1. The maximum Gasteiger partial charge on any atom is 0.418 e. The minimum absolute atomic E-state index is 0.257. The van der Waals surface area contributed by atoms with Crippen LogP contribution in [0.2, 0.25) is 0 Å². The number of rotatable bonds is 4. The van der Waals surface area contributed by atoms with Gasteiger partial charge in [0.05, 0.1) is 34.0 Å². The highest BCUT2D eigenvalue weighted by atomic mass is 19.4. The molecule has 6 rings (SSSR count). The minimum Gasteiger partial charge on any atom is -0.381 e. The van der Waals surface area contributed by atoms with Crippen molar-refractivity contribution in [1.29, 1.82) is 0 Å². The Morgan fingerprint density at radius 3 is 2.37 bits per heavy atom. The Labute approximate surface area is 219 Å². The Balaban J connectivity index is 1.44. The van der Waals surface area contributed by atoms with Crippen LogP contribution in [0.25, 0.3) is 27.7 Å². The number of ether oxygens (including phenoxy) is 1. The van der Waals surface area contributed by atoms with Crippen molar-refractivity contribution in [3.05, 3.63) is 59.7 Å². The summed E-state index contributed by atoms with van der Waals surface area (Å²) >= 11 is 0. The van der Waals surface area contributed by atoms with Crippen LogP contribution in [0.1, 0.15) is 48.7 Å². The van der Waals surface area contributed by atoms with E-state index in [-0.39, 0.29) is 11.6 Å². The smallest absolute Gasteiger partial charge is 0.381 e. The van der Waals surface area contributed by atoms with E-state index < -0.39 is 11.7 Å². The molecule has 9 heteroatoms. The van der Waals surface area contributed by atoms with Crippen LogP contribution >= 0.6 is 0 Å². The fourth-order valence-electron chi connectivity index (χ4n) is 5.95. The lowest BCUT2D eigenvalue weighted by Crippen LogP contribution is -2.41. The van der Waals surface area contributed by atoms with Gasteiger partial charge in [-0.05, 0) is 75.0 Å². The first-order chi connectivity index (χ1) is 18.3. The molecule has 0 unspecified atom stereocenters. The predicted octanol–water partition coefficient (Wildman–Crippen LogP) is 5.96. The summed E-state index contributed by atoms with van der Waals surface area (Å²) in [5.41, 5.74) is 4.39. The van der Waals surface area contributed by atoms with E-state index in [2.05, 4.69) is 14.7 Å². The van der Waals surface area contributed by atoms with Crippen molar-refractivity contribution in [1.82, 2.24) is 19.7 Å². The van der Waals surface area contributed by atoms with Crippen LogP contribution in [-0.4, -0.2) is 53.8 Å². The van der Waals surface area contributed by atoms with E-state index in [1.54, 1.807) is 6.07 Å². The Bertz CT molecular complexity index is 1470. The molecular weight excluding hydrogens is 491 g/mol. The number of hydrogen-bond donors (Lipinski definition) is 1. The zero-order valence-electron chi connectivity index (χ0n) is 21.7. The van der Waals surface area contributed by atoms with E-state index in [1.165, 1.54) is 6.07 Å². The van der Waals surface area contributed by atoms with Gasteiger partial charge in [-0.25, -0.2) is 4.98 Å². The zero-order chi connectivity index (χ0) is 26.4. The number of hydrogen-bond acceptors (Lipinski definition) is 5. The molecule has 0 atom stereocenters. The third-order valence-electron chi connectivity index (χ3n) is 8.13. The molecule has 200 valence electrons. The molecule has 2 aromatic heterocycles. The Kier molecular flexibility index (Phi) is 6.52. The maximum atomic E-state index is 14.3. The van der Waals surface area contributed by atoms with Crippen molar-refractivity contribution in [2.24, 2.45) is 0 Å². The van der Waals surface area contributed by atoms with Gasteiger partial charge in [0.15, 0.2) is 0 Å². The second kappa shape index (κ2) is 9.85. The van der Waals surface area contributed by atoms with E-state index in [0.717, 1.165) is 59.3 Å². The van der Waals surface area contributed by atoms with Gasteiger partial charge in [0.2, 0.25) is 0 Å². The summed E-state index contributed by atoms with van der Waals surface area (Å²) in [6.45, 7) is 4.58. The highest BCUT2D eigenvalue weighted by Crippen LogP contribution is 2.40. The van der Waals surface area contributed by atoms with Crippen molar-refractivity contribution >= 4 is 22.2 Å². The molecular formula is C29H32F3N5O. The first-order valence-corrected chi connectivity index (χ1v) is 13.3. The van der Waals surface area contributed by atoms with Crippen molar-refractivity contribution < 1.29 is 17.9 Å². The van der Waals surface area contributed by atoms with Crippen molar-refractivity contribution in [3.8, 4) is 11.1 Å². The first kappa shape index (κ1) is 25.1. The number of benzene rings is 2.